The number of hydrazine groups is 1. The standard InChI is InChI=1S/C23H32N4O2S2/c1-23(2,3)15-9-10-16-17(11-15)31-22-19(16)21(24-13-25-22)30-12-18(28)26-27-20(29)14-7-5-4-6-8-14/h13-15H,4-12H2,1-3H3,(H,26,28)(H,27,29)/t15-/m1/s1. The first-order valence-electron chi connectivity index (χ1n) is 11.3. The van der Waals surface area contributed by atoms with Crippen LogP contribution in [0.25, 0.3) is 10.2 Å². The van der Waals surface area contributed by atoms with E-state index >= 15 is 0 Å². The number of fused-ring (bicyclic) bond motifs is 3. The molecule has 0 aliphatic heterocycles. The normalized spacial score (nSPS) is 19.8. The molecule has 0 spiro atoms. The van der Waals surface area contributed by atoms with Crippen LogP contribution in [-0.2, 0) is 22.4 Å². The molecule has 0 saturated heterocycles. The SMILES string of the molecule is CC(C)(C)[C@@H]1CCc2c(sc3ncnc(SCC(=O)NNC(=O)C4CCCCC4)c23)C1. The number of thioether (sulfide) groups is 1. The Morgan fingerprint density at radius 1 is 1.13 bits per heavy atom. The summed E-state index contributed by atoms with van der Waals surface area (Å²) < 4.78 is 0. The van der Waals surface area contributed by atoms with Gasteiger partial charge < -0.3 is 0 Å². The van der Waals surface area contributed by atoms with Crippen LogP contribution in [0.15, 0.2) is 11.4 Å². The van der Waals surface area contributed by atoms with Crippen LogP contribution in [0.4, 0.5) is 0 Å². The second-order valence-electron chi connectivity index (χ2n) is 9.83. The zero-order chi connectivity index (χ0) is 22.0. The molecule has 6 nitrogen and oxygen atoms in total. The first-order valence-corrected chi connectivity index (χ1v) is 13.1. The van der Waals surface area contributed by atoms with Crippen LogP contribution in [-0.4, -0.2) is 27.5 Å². The van der Waals surface area contributed by atoms with Gasteiger partial charge in [-0.1, -0.05) is 51.8 Å². The number of carbonyl (C=O) groups is 2. The van der Waals surface area contributed by atoms with Crippen molar-refractivity contribution in [3.05, 3.63) is 16.8 Å². The molecule has 1 saturated carbocycles. The highest BCUT2D eigenvalue weighted by Gasteiger charge is 2.31. The van der Waals surface area contributed by atoms with Crippen LogP contribution >= 0.6 is 23.1 Å². The van der Waals surface area contributed by atoms with E-state index in [-0.39, 0.29) is 23.5 Å². The molecule has 4 rings (SSSR count). The third-order valence-corrected chi connectivity index (χ3v) is 8.83. The molecule has 2 aliphatic rings. The van der Waals surface area contributed by atoms with Gasteiger partial charge in [-0.25, -0.2) is 9.97 Å². The Morgan fingerprint density at radius 3 is 2.65 bits per heavy atom. The number of hydrogen-bond acceptors (Lipinski definition) is 6. The molecule has 0 aromatic carbocycles. The van der Waals surface area contributed by atoms with E-state index in [1.54, 1.807) is 17.7 Å². The van der Waals surface area contributed by atoms with E-state index in [2.05, 4.69) is 41.6 Å². The van der Waals surface area contributed by atoms with E-state index in [0.717, 1.165) is 53.8 Å². The number of amides is 2. The average molecular weight is 461 g/mol. The second-order valence-corrected chi connectivity index (χ2v) is 11.9. The molecule has 2 aromatic heterocycles. The van der Waals surface area contributed by atoms with Crippen LogP contribution in [0.1, 0.15) is 69.7 Å². The van der Waals surface area contributed by atoms with Gasteiger partial charge in [0.15, 0.2) is 0 Å². The van der Waals surface area contributed by atoms with Crippen molar-refractivity contribution in [1.82, 2.24) is 20.8 Å². The molecule has 31 heavy (non-hydrogen) atoms. The van der Waals surface area contributed by atoms with Gasteiger partial charge in [0, 0.05) is 16.2 Å². The maximum absolute atomic E-state index is 12.3. The fraction of sp³-hybridized carbons (Fsp3) is 0.652. The zero-order valence-corrected chi connectivity index (χ0v) is 20.3. The molecular weight excluding hydrogens is 428 g/mol. The number of nitrogens with zero attached hydrogens (tertiary/aromatic N) is 2. The van der Waals surface area contributed by atoms with Crippen LogP contribution in [0, 0.1) is 17.3 Å². The van der Waals surface area contributed by atoms with Crippen molar-refractivity contribution in [3.63, 3.8) is 0 Å². The molecule has 168 valence electrons. The highest BCUT2D eigenvalue weighted by molar-refractivity contribution is 8.00. The van der Waals surface area contributed by atoms with Crippen molar-refractivity contribution in [3.8, 4) is 0 Å². The van der Waals surface area contributed by atoms with Crippen LogP contribution < -0.4 is 10.9 Å². The minimum absolute atomic E-state index is 0.0254. The highest BCUT2D eigenvalue weighted by Crippen LogP contribution is 2.44. The Kier molecular flexibility index (Phi) is 6.86. The van der Waals surface area contributed by atoms with Crippen molar-refractivity contribution in [2.24, 2.45) is 17.3 Å². The van der Waals surface area contributed by atoms with Crippen molar-refractivity contribution in [2.75, 3.05) is 5.75 Å². The number of aryl methyl sites for hydroxylation is 1. The lowest BCUT2D eigenvalue weighted by Gasteiger charge is -2.33. The molecule has 8 heteroatoms. The Morgan fingerprint density at radius 2 is 1.90 bits per heavy atom. The lowest BCUT2D eigenvalue weighted by molar-refractivity contribution is -0.131. The molecule has 2 aromatic rings. The van der Waals surface area contributed by atoms with Crippen LogP contribution in [0.2, 0.25) is 0 Å². The molecule has 0 bridgehead atoms. The maximum atomic E-state index is 12.3. The maximum Gasteiger partial charge on any atom is 0.248 e. The molecule has 2 heterocycles. The summed E-state index contributed by atoms with van der Waals surface area (Å²) in [6.07, 6.45) is 10.1. The summed E-state index contributed by atoms with van der Waals surface area (Å²) in [4.78, 5) is 36.0. The number of rotatable bonds is 4. The van der Waals surface area contributed by atoms with Crippen molar-refractivity contribution >= 4 is 45.1 Å². The second kappa shape index (κ2) is 9.45. The van der Waals surface area contributed by atoms with Gasteiger partial charge in [-0.05, 0) is 49.0 Å². The number of carbonyl (C=O) groups excluding carboxylic acids is 2. The molecule has 1 fully saturated rings. The summed E-state index contributed by atoms with van der Waals surface area (Å²) in [6.45, 7) is 6.97. The van der Waals surface area contributed by atoms with E-state index in [1.165, 1.54) is 35.0 Å². The lowest BCUT2D eigenvalue weighted by Crippen LogP contribution is -2.45. The largest absolute Gasteiger partial charge is 0.273 e. The third kappa shape index (κ3) is 5.22. The molecule has 1 atom stereocenters. The Labute approximate surface area is 192 Å². The summed E-state index contributed by atoms with van der Waals surface area (Å²) in [5, 5.41) is 1.99. The monoisotopic (exact) mass is 460 g/mol. The van der Waals surface area contributed by atoms with Gasteiger partial charge in [0.25, 0.3) is 0 Å². The fourth-order valence-corrected chi connectivity index (χ4v) is 6.86. The van der Waals surface area contributed by atoms with Gasteiger partial charge >= 0.3 is 0 Å². The van der Waals surface area contributed by atoms with E-state index in [1.807, 2.05) is 0 Å². The van der Waals surface area contributed by atoms with E-state index < -0.39 is 0 Å². The summed E-state index contributed by atoms with van der Waals surface area (Å²) in [5.74, 6) is 0.639. The summed E-state index contributed by atoms with van der Waals surface area (Å²) in [7, 11) is 0. The van der Waals surface area contributed by atoms with Gasteiger partial charge in [0.1, 0.15) is 16.2 Å². The molecular formula is C23H32N4O2S2. The number of hydrogen-bond donors (Lipinski definition) is 2. The summed E-state index contributed by atoms with van der Waals surface area (Å²) in [6, 6.07) is 0. The Hall–Kier alpha value is -1.67. The van der Waals surface area contributed by atoms with Crippen molar-refractivity contribution in [1.29, 1.82) is 0 Å². The van der Waals surface area contributed by atoms with Crippen LogP contribution in [0.5, 0.6) is 0 Å². The minimum Gasteiger partial charge on any atom is -0.273 e. The first kappa shape index (κ1) is 22.5. The quantitative estimate of drug-likeness (QED) is 0.394. The summed E-state index contributed by atoms with van der Waals surface area (Å²) >= 11 is 3.20. The third-order valence-electron chi connectivity index (χ3n) is 6.68. The lowest BCUT2D eigenvalue weighted by atomic mass is 9.72. The van der Waals surface area contributed by atoms with E-state index in [9.17, 15) is 9.59 Å². The predicted octanol–water partition coefficient (Wildman–Crippen LogP) is 4.66. The van der Waals surface area contributed by atoms with Crippen LogP contribution in [0.3, 0.4) is 0 Å². The van der Waals surface area contributed by atoms with Crippen molar-refractivity contribution in [2.45, 2.75) is 77.2 Å². The Bertz CT molecular complexity index is 960. The van der Waals surface area contributed by atoms with Gasteiger partial charge in [0.05, 0.1) is 5.75 Å². The average Bonchev–Trinajstić information content (AvgIpc) is 3.14. The smallest absolute Gasteiger partial charge is 0.248 e. The summed E-state index contributed by atoms with van der Waals surface area (Å²) in [5.41, 5.74) is 6.86. The van der Waals surface area contributed by atoms with Gasteiger partial charge in [0.2, 0.25) is 11.8 Å². The van der Waals surface area contributed by atoms with E-state index in [0.29, 0.717) is 11.3 Å². The minimum atomic E-state index is -0.210. The predicted molar refractivity (Wildman–Crippen MR) is 126 cm³/mol. The number of nitrogens with one attached hydrogen (secondary N) is 2. The molecule has 2 aliphatic carbocycles. The first-order chi connectivity index (χ1) is 14.8. The topological polar surface area (TPSA) is 84.0 Å². The van der Waals surface area contributed by atoms with E-state index in [4.69, 9.17) is 0 Å². The molecule has 2 N–H and O–H groups in total. The molecule has 2 amide bonds. The molecule has 0 unspecified atom stereocenters. The molecule has 0 radical (unpaired) electrons. The van der Waals surface area contributed by atoms with Gasteiger partial charge in [-0.15, -0.1) is 11.3 Å². The van der Waals surface area contributed by atoms with Gasteiger partial charge in [-0.2, -0.15) is 0 Å². The number of aromatic nitrogens is 2. The Balaban J connectivity index is 1.38. The fourth-order valence-electron chi connectivity index (χ4n) is 4.70. The zero-order valence-electron chi connectivity index (χ0n) is 18.6. The van der Waals surface area contributed by atoms with Crippen molar-refractivity contribution < 1.29 is 9.59 Å². The number of thiophene rings is 1. The van der Waals surface area contributed by atoms with Gasteiger partial charge in [-0.3, -0.25) is 20.4 Å². The highest BCUT2D eigenvalue weighted by atomic mass is 32.2.